The second-order valence-electron chi connectivity index (χ2n) is 5.17. The molecule has 0 heterocycles. The van der Waals surface area contributed by atoms with Gasteiger partial charge in [0.05, 0.1) is 0 Å². The van der Waals surface area contributed by atoms with E-state index in [-0.39, 0.29) is 0 Å². The Morgan fingerprint density at radius 2 is 1.83 bits per heavy atom. The lowest BCUT2D eigenvalue weighted by Crippen LogP contribution is -2.37. The highest BCUT2D eigenvalue weighted by Crippen LogP contribution is 2.48. The highest BCUT2D eigenvalue weighted by atomic mass is 14.4. The van der Waals surface area contributed by atoms with Crippen molar-refractivity contribution >= 4 is 0 Å². The van der Waals surface area contributed by atoms with Crippen LogP contribution in [-0.2, 0) is 0 Å². The molecule has 1 aliphatic rings. The minimum atomic E-state index is 0.631. The number of hydrogen-bond donors (Lipinski definition) is 0. The van der Waals surface area contributed by atoms with Crippen molar-refractivity contribution in [3.05, 3.63) is 0 Å². The Morgan fingerprint density at radius 3 is 2.33 bits per heavy atom. The van der Waals surface area contributed by atoms with E-state index in [4.69, 9.17) is 0 Å². The second kappa shape index (κ2) is 3.40. The molecule has 0 saturated heterocycles. The molecule has 0 aromatic heterocycles. The Balaban J connectivity index is 2.71. The predicted octanol–water partition coefficient (Wildman–Crippen LogP) is 4.10. The van der Waals surface area contributed by atoms with Crippen LogP contribution in [0.3, 0.4) is 0 Å². The highest BCUT2D eigenvalue weighted by molar-refractivity contribution is 4.88. The van der Waals surface area contributed by atoms with E-state index in [0.29, 0.717) is 5.41 Å². The zero-order valence-corrected chi connectivity index (χ0v) is 9.35. The van der Waals surface area contributed by atoms with Crippen molar-refractivity contribution in [2.45, 2.75) is 53.9 Å². The summed E-state index contributed by atoms with van der Waals surface area (Å²) in [7, 11) is 0. The molecule has 12 heavy (non-hydrogen) atoms. The van der Waals surface area contributed by atoms with Crippen molar-refractivity contribution < 1.29 is 0 Å². The fourth-order valence-corrected chi connectivity index (χ4v) is 2.67. The van der Waals surface area contributed by atoms with Crippen LogP contribution in [-0.4, -0.2) is 0 Å². The summed E-state index contributed by atoms with van der Waals surface area (Å²) < 4.78 is 0. The Hall–Kier alpha value is 0. The van der Waals surface area contributed by atoms with E-state index in [1.165, 1.54) is 19.3 Å². The quantitative estimate of drug-likeness (QED) is 0.553. The van der Waals surface area contributed by atoms with Crippen LogP contribution in [0.5, 0.6) is 0 Å². The Kier molecular flexibility index (Phi) is 2.85. The maximum Gasteiger partial charge on any atom is -0.0300 e. The Morgan fingerprint density at radius 1 is 1.25 bits per heavy atom. The number of hydrogen-bond acceptors (Lipinski definition) is 0. The molecule has 0 aromatic rings. The van der Waals surface area contributed by atoms with Gasteiger partial charge in [0, 0.05) is 0 Å². The molecule has 0 aromatic carbocycles. The van der Waals surface area contributed by atoms with Crippen LogP contribution >= 0.6 is 0 Å². The molecule has 0 N–H and O–H groups in total. The zero-order chi connectivity index (χ0) is 9.35. The van der Waals surface area contributed by atoms with Gasteiger partial charge in [0.25, 0.3) is 0 Å². The highest BCUT2D eigenvalue weighted by Gasteiger charge is 2.38. The van der Waals surface area contributed by atoms with E-state index in [0.717, 1.165) is 17.8 Å². The Labute approximate surface area is 77.7 Å². The fraction of sp³-hybridized carbons (Fsp3) is 1.00. The Bertz CT molecular complexity index is 150. The van der Waals surface area contributed by atoms with Gasteiger partial charge >= 0.3 is 0 Å². The summed E-state index contributed by atoms with van der Waals surface area (Å²) in [5.41, 5.74) is 0.631. The minimum Gasteiger partial charge on any atom is -0.0649 e. The standard InChI is InChI=1S/C12H24/c1-6-12(5)8-7-9(2)10(3)11(12)4/h9-11H,6-8H2,1-5H3. The molecule has 0 amide bonds. The molecule has 1 aliphatic carbocycles. The van der Waals surface area contributed by atoms with Crippen molar-refractivity contribution in [3.8, 4) is 0 Å². The third-order valence-corrected chi connectivity index (χ3v) is 4.76. The van der Waals surface area contributed by atoms with E-state index in [2.05, 4.69) is 34.6 Å². The molecule has 1 saturated carbocycles. The van der Waals surface area contributed by atoms with Gasteiger partial charge < -0.3 is 0 Å². The molecule has 72 valence electrons. The van der Waals surface area contributed by atoms with Crippen molar-refractivity contribution in [3.63, 3.8) is 0 Å². The van der Waals surface area contributed by atoms with Crippen LogP contribution < -0.4 is 0 Å². The first kappa shape index (κ1) is 10.1. The smallest absolute Gasteiger partial charge is 0.0300 e. The molecule has 1 rings (SSSR count). The SMILES string of the molecule is CCC1(C)CCC(C)C(C)C1C. The largest absolute Gasteiger partial charge is 0.0649 e. The summed E-state index contributed by atoms with van der Waals surface area (Å²) in [5, 5.41) is 0. The third kappa shape index (κ3) is 1.53. The van der Waals surface area contributed by atoms with Gasteiger partial charge in [0.2, 0.25) is 0 Å². The van der Waals surface area contributed by atoms with Gasteiger partial charge in [-0.3, -0.25) is 0 Å². The summed E-state index contributed by atoms with van der Waals surface area (Å²) in [5.74, 6) is 2.77. The monoisotopic (exact) mass is 168 g/mol. The lowest BCUT2D eigenvalue weighted by Gasteiger charge is -2.46. The van der Waals surface area contributed by atoms with Crippen LogP contribution in [0.15, 0.2) is 0 Å². The molecule has 0 bridgehead atoms. The van der Waals surface area contributed by atoms with Crippen LogP contribution in [0.4, 0.5) is 0 Å². The lowest BCUT2D eigenvalue weighted by atomic mass is 9.59. The van der Waals surface area contributed by atoms with Crippen molar-refractivity contribution in [1.82, 2.24) is 0 Å². The number of rotatable bonds is 1. The van der Waals surface area contributed by atoms with Gasteiger partial charge in [-0.05, 0) is 36.0 Å². The molecular formula is C12H24. The van der Waals surface area contributed by atoms with Gasteiger partial charge in [-0.25, -0.2) is 0 Å². The summed E-state index contributed by atoms with van der Waals surface area (Å²) >= 11 is 0. The molecule has 4 atom stereocenters. The maximum absolute atomic E-state index is 2.47. The van der Waals surface area contributed by atoms with E-state index in [9.17, 15) is 0 Å². The first-order valence-corrected chi connectivity index (χ1v) is 5.51. The molecule has 0 radical (unpaired) electrons. The average molecular weight is 168 g/mol. The van der Waals surface area contributed by atoms with E-state index in [1.807, 2.05) is 0 Å². The third-order valence-electron chi connectivity index (χ3n) is 4.76. The van der Waals surface area contributed by atoms with Gasteiger partial charge in [0.1, 0.15) is 0 Å². The normalized spacial score (nSPS) is 49.2. The van der Waals surface area contributed by atoms with E-state index in [1.54, 1.807) is 0 Å². The van der Waals surface area contributed by atoms with Crippen LogP contribution in [0.25, 0.3) is 0 Å². The minimum absolute atomic E-state index is 0.631. The first-order chi connectivity index (χ1) is 5.51. The van der Waals surface area contributed by atoms with Crippen molar-refractivity contribution in [2.24, 2.45) is 23.2 Å². The second-order valence-corrected chi connectivity index (χ2v) is 5.17. The summed E-state index contributed by atoms with van der Waals surface area (Å²) in [6.07, 6.45) is 4.23. The molecule has 0 spiro atoms. The summed E-state index contributed by atoms with van der Waals surface area (Å²) in [6, 6.07) is 0. The van der Waals surface area contributed by atoms with Crippen LogP contribution in [0.1, 0.15) is 53.9 Å². The average Bonchev–Trinajstić information content (AvgIpc) is 2.09. The van der Waals surface area contributed by atoms with Crippen molar-refractivity contribution in [2.75, 3.05) is 0 Å². The van der Waals surface area contributed by atoms with E-state index < -0.39 is 0 Å². The topological polar surface area (TPSA) is 0 Å². The molecule has 0 nitrogen and oxygen atoms in total. The van der Waals surface area contributed by atoms with Crippen LogP contribution in [0, 0.1) is 23.2 Å². The van der Waals surface area contributed by atoms with Gasteiger partial charge in [-0.1, -0.05) is 41.0 Å². The molecule has 0 aliphatic heterocycles. The maximum atomic E-state index is 2.47. The first-order valence-electron chi connectivity index (χ1n) is 5.51. The van der Waals surface area contributed by atoms with Crippen molar-refractivity contribution in [1.29, 1.82) is 0 Å². The summed E-state index contributed by atoms with van der Waals surface area (Å²) in [4.78, 5) is 0. The van der Waals surface area contributed by atoms with Gasteiger partial charge in [-0.2, -0.15) is 0 Å². The molecule has 0 heteroatoms. The fourth-order valence-electron chi connectivity index (χ4n) is 2.67. The van der Waals surface area contributed by atoms with Gasteiger partial charge in [0.15, 0.2) is 0 Å². The van der Waals surface area contributed by atoms with Gasteiger partial charge in [-0.15, -0.1) is 0 Å². The molecular weight excluding hydrogens is 144 g/mol. The lowest BCUT2D eigenvalue weighted by molar-refractivity contribution is 0.0396. The zero-order valence-electron chi connectivity index (χ0n) is 9.35. The molecule has 4 unspecified atom stereocenters. The molecule has 1 fully saturated rings. The summed E-state index contributed by atoms with van der Waals surface area (Å²) in [6.45, 7) is 12.1. The predicted molar refractivity (Wildman–Crippen MR) is 55.1 cm³/mol. The van der Waals surface area contributed by atoms with E-state index >= 15 is 0 Å². The van der Waals surface area contributed by atoms with Crippen LogP contribution in [0.2, 0.25) is 0 Å².